The number of hydrogen-bond donors (Lipinski definition) is 6. The fourth-order valence-electron chi connectivity index (χ4n) is 2.89. The van der Waals surface area contributed by atoms with E-state index in [-0.39, 0.29) is 29.2 Å². The molecule has 1 fully saturated rings. The normalized spacial score (nSPS) is 30.5. The zero-order valence-electron chi connectivity index (χ0n) is 15.2. The van der Waals surface area contributed by atoms with Gasteiger partial charge in [0.2, 0.25) is 0 Å². The molecule has 2 aliphatic heterocycles. The first kappa shape index (κ1) is 20.7. The molecule has 1 aromatic heterocycles. The number of thiazole rings is 1. The van der Waals surface area contributed by atoms with E-state index in [0.29, 0.717) is 11.3 Å². The summed E-state index contributed by atoms with van der Waals surface area (Å²) in [6, 6.07) is -0.835. The summed E-state index contributed by atoms with van der Waals surface area (Å²) < 4.78 is 11.7. The summed E-state index contributed by atoms with van der Waals surface area (Å²) in [6.07, 6.45) is -6.60. The van der Waals surface area contributed by atoms with Gasteiger partial charge in [-0.05, 0) is 5.92 Å². The first-order valence-electron chi connectivity index (χ1n) is 8.59. The number of anilines is 1. The third-order valence-corrected chi connectivity index (χ3v) is 5.58. The first-order valence-corrected chi connectivity index (χ1v) is 9.40. The van der Waals surface area contributed by atoms with Gasteiger partial charge in [-0.3, -0.25) is 14.2 Å². The Morgan fingerprint density at radius 3 is 2.71 bits per heavy atom. The van der Waals surface area contributed by atoms with Crippen molar-refractivity contribution >= 4 is 29.1 Å². The van der Waals surface area contributed by atoms with Crippen molar-refractivity contribution in [3.05, 3.63) is 14.5 Å². The molecule has 13 heteroatoms. The Kier molecular flexibility index (Phi) is 5.74. The number of hydrogen-bond acceptors (Lipinski definition) is 12. The molecule has 0 amide bonds. The monoisotopic (exact) mass is 417 g/mol. The van der Waals surface area contributed by atoms with Crippen molar-refractivity contribution in [1.29, 1.82) is 0 Å². The number of guanidine groups is 1. The third kappa shape index (κ3) is 3.64. The van der Waals surface area contributed by atoms with Crippen LogP contribution >= 0.6 is 11.3 Å². The maximum Gasteiger partial charge on any atom is 0.323 e. The molecule has 1 aromatic rings. The van der Waals surface area contributed by atoms with Crippen LogP contribution in [0.1, 0.15) is 31.2 Å². The van der Waals surface area contributed by atoms with Gasteiger partial charge in [-0.15, -0.1) is 0 Å². The minimum atomic E-state index is -1.49. The minimum Gasteiger partial charge on any atom is -0.462 e. The molecule has 0 spiro atoms. The Morgan fingerprint density at radius 2 is 2.07 bits per heavy atom. The zero-order valence-corrected chi connectivity index (χ0v) is 16.0. The SMILES string of the molecule is CC(C)[C@H](N)C(=O)OC[C@H]1O[C@@H](n2c3c(sc2=O)C(O)N=C(N)N3)[C@H](O)[C@@H]1O. The highest BCUT2D eigenvalue weighted by atomic mass is 32.1. The zero-order chi connectivity index (χ0) is 20.7. The van der Waals surface area contributed by atoms with Crippen molar-refractivity contribution < 1.29 is 29.6 Å². The summed E-state index contributed by atoms with van der Waals surface area (Å²) in [4.78, 5) is 27.6. The number of aromatic nitrogens is 1. The van der Waals surface area contributed by atoms with E-state index in [1.165, 1.54) is 0 Å². The van der Waals surface area contributed by atoms with Gasteiger partial charge < -0.3 is 41.6 Å². The number of rotatable bonds is 5. The number of ether oxygens (including phenoxy) is 2. The smallest absolute Gasteiger partial charge is 0.323 e. The largest absolute Gasteiger partial charge is 0.462 e. The molecule has 12 nitrogen and oxygen atoms in total. The van der Waals surface area contributed by atoms with Crippen molar-refractivity contribution in [3.63, 3.8) is 0 Å². The summed E-state index contributed by atoms with van der Waals surface area (Å²) in [5.41, 5.74) is 11.3. The van der Waals surface area contributed by atoms with Crippen molar-refractivity contribution in [2.45, 2.75) is 50.7 Å². The lowest BCUT2D eigenvalue weighted by atomic mass is 10.1. The summed E-state index contributed by atoms with van der Waals surface area (Å²) in [5.74, 6) is -0.804. The predicted octanol–water partition coefficient (Wildman–Crippen LogP) is -2.21. The van der Waals surface area contributed by atoms with Gasteiger partial charge in [0.15, 0.2) is 18.4 Å². The molecule has 0 bridgehead atoms. The summed E-state index contributed by atoms with van der Waals surface area (Å²) in [7, 11) is 0. The Balaban J connectivity index is 1.77. The van der Waals surface area contributed by atoms with Gasteiger partial charge in [-0.1, -0.05) is 25.2 Å². The molecule has 2 aliphatic rings. The van der Waals surface area contributed by atoms with Crippen LogP contribution in [0.15, 0.2) is 9.79 Å². The van der Waals surface area contributed by atoms with E-state index >= 15 is 0 Å². The lowest BCUT2D eigenvalue weighted by molar-refractivity contribution is -0.152. The molecule has 6 atom stereocenters. The van der Waals surface area contributed by atoms with Gasteiger partial charge in [-0.25, -0.2) is 4.99 Å². The van der Waals surface area contributed by atoms with E-state index in [1.54, 1.807) is 13.8 Å². The average molecular weight is 417 g/mol. The van der Waals surface area contributed by atoms with Crippen LogP contribution in [-0.2, 0) is 14.3 Å². The van der Waals surface area contributed by atoms with Gasteiger partial charge >= 0.3 is 10.8 Å². The molecule has 0 radical (unpaired) electrons. The van der Waals surface area contributed by atoms with Crippen LogP contribution in [0.2, 0.25) is 0 Å². The van der Waals surface area contributed by atoms with Crippen LogP contribution in [-0.4, -0.2) is 62.8 Å². The molecule has 3 rings (SSSR count). The van der Waals surface area contributed by atoms with E-state index in [9.17, 15) is 24.9 Å². The Bertz CT molecular complexity index is 837. The van der Waals surface area contributed by atoms with Crippen molar-refractivity contribution in [3.8, 4) is 0 Å². The lowest BCUT2D eigenvalue weighted by Gasteiger charge is -2.22. The number of fused-ring (bicyclic) bond motifs is 1. The number of carbonyl (C=O) groups excluding carboxylic acids is 1. The van der Waals surface area contributed by atoms with E-state index in [0.717, 1.165) is 4.57 Å². The van der Waals surface area contributed by atoms with Gasteiger partial charge in [-0.2, -0.15) is 0 Å². The van der Waals surface area contributed by atoms with Gasteiger partial charge in [0.1, 0.15) is 41.7 Å². The Hall–Kier alpha value is -2.03. The second-order valence-electron chi connectivity index (χ2n) is 6.91. The van der Waals surface area contributed by atoms with E-state index in [1.807, 2.05) is 0 Å². The molecule has 0 aliphatic carbocycles. The Morgan fingerprint density at radius 1 is 1.39 bits per heavy atom. The average Bonchev–Trinajstić information content (AvgIpc) is 3.09. The third-order valence-electron chi connectivity index (χ3n) is 4.58. The summed E-state index contributed by atoms with van der Waals surface area (Å²) in [6.45, 7) is 3.17. The first-order chi connectivity index (χ1) is 13.1. The number of carbonyl (C=O) groups is 1. The quantitative estimate of drug-likeness (QED) is 0.286. The number of nitrogens with one attached hydrogen (secondary N) is 1. The van der Waals surface area contributed by atoms with E-state index < -0.39 is 47.7 Å². The topological polar surface area (TPSA) is 195 Å². The van der Waals surface area contributed by atoms with Crippen LogP contribution in [0.4, 0.5) is 5.82 Å². The Labute approximate surface area is 163 Å². The molecule has 1 saturated heterocycles. The predicted molar refractivity (Wildman–Crippen MR) is 98.5 cm³/mol. The molecule has 3 heterocycles. The fraction of sp³-hybridized carbons (Fsp3) is 0.667. The van der Waals surface area contributed by atoms with Gasteiger partial charge in [0, 0.05) is 0 Å². The molecule has 0 aromatic carbocycles. The highest BCUT2D eigenvalue weighted by Crippen LogP contribution is 2.37. The number of nitrogens with two attached hydrogens (primary N) is 2. The molecule has 8 N–H and O–H groups in total. The molecule has 0 saturated carbocycles. The van der Waals surface area contributed by atoms with Crippen LogP contribution in [0, 0.1) is 5.92 Å². The van der Waals surface area contributed by atoms with Crippen molar-refractivity contribution in [2.24, 2.45) is 22.4 Å². The molecule has 156 valence electrons. The maximum absolute atomic E-state index is 12.4. The van der Waals surface area contributed by atoms with Crippen LogP contribution in [0.25, 0.3) is 0 Å². The van der Waals surface area contributed by atoms with E-state index in [4.69, 9.17) is 20.9 Å². The number of esters is 1. The number of aliphatic hydroxyl groups excluding tert-OH is 3. The minimum absolute atomic E-state index is 0.116. The standard InChI is InChI=1S/C15H23N5O7S/c1-4(2)6(16)13(24)26-3-5-7(21)8(22)12(27-5)20-10-9(28-15(20)25)11(23)19-14(17)18-10/h4-8,11-12,21-23H,3,16H2,1-2H3,(H3,17,18,19)/t5-,6+,7-,8-,11?,12-/m1/s1. The molecule has 28 heavy (non-hydrogen) atoms. The summed E-state index contributed by atoms with van der Waals surface area (Å²) >= 11 is 0.701. The van der Waals surface area contributed by atoms with Gasteiger partial charge in [0.05, 0.1) is 0 Å². The van der Waals surface area contributed by atoms with Crippen molar-refractivity contribution in [2.75, 3.05) is 11.9 Å². The molecule has 1 unspecified atom stereocenters. The van der Waals surface area contributed by atoms with Crippen LogP contribution < -0.4 is 21.7 Å². The van der Waals surface area contributed by atoms with Gasteiger partial charge in [0.25, 0.3) is 0 Å². The molecular weight excluding hydrogens is 394 g/mol. The number of aliphatic hydroxyl groups is 3. The second kappa shape index (κ2) is 7.77. The highest BCUT2D eigenvalue weighted by molar-refractivity contribution is 7.09. The summed E-state index contributed by atoms with van der Waals surface area (Å²) in [5, 5.41) is 33.2. The fourth-order valence-corrected chi connectivity index (χ4v) is 3.77. The van der Waals surface area contributed by atoms with E-state index in [2.05, 4.69) is 10.3 Å². The highest BCUT2D eigenvalue weighted by Gasteiger charge is 2.46. The van der Waals surface area contributed by atoms with Crippen LogP contribution in [0.3, 0.4) is 0 Å². The molecular formula is C15H23N5O7S. The lowest BCUT2D eigenvalue weighted by Crippen LogP contribution is -2.40. The van der Waals surface area contributed by atoms with Crippen molar-refractivity contribution in [1.82, 2.24) is 4.57 Å². The van der Waals surface area contributed by atoms with Crippen LogP contribution in [0.5, 0.6) is 0 Å². The number of nitrogens with zero attached hydrogens (tertiary/aromatic N) is 2. The number of aliphatic imine (C=N–C) groups is 1. The maximum atomic E-state index is 12.4. The second-order valence-corrected chi connectivity index (χ2v) is 7.90.